The largest absolute Gasteiger partial charge is 0.344 e. The van der Waals surface area contributed by atoms with E-state index < -0.39 is 0 Å². The number of benzene rings is 1. The zero-order valence-corrected chi connectivity index (χ0v) is 14.7. The summed E-state index contributed by atoms with van der Waals surface area (Å²) in [5.41, 5.74) is 0.706. The molecule has 0 aromatic heterocycles. The van der Waals surface area contributed by atoms with Gasteiger partial charge in [0.1, 0.15) is 0 Å². The van der Waals surface area contributed by atoms with E-state index >= 15 is 0 Å². The van der Waals surface area contributed by atoms with Gasteiger partial charge < -0.3 is 9.80 Å². The number of para-hydroxylation sites is 1. The Morgan fingerprint density at radius 3 is 2.79 bits per heavy atom. The third kappa shape index (κ3) is 4.05. The van der Waals surface area contributed by atoms with Crippen molar-refractivity contribution in [3.05, 3.63) is 29.3 Å². The summed E-state index contributed by atoms with van der Waals surface area (Å²) in [6.07, 6.45) is 0.949. The molecule has 0 unspecified atom stereocenters. The molecule has 2 amide bonds. The van der Waals surface area contributed by atoms with Crippen molar-refractivity contribution in [2.75, 3.05) is 38.6 Å². The molecule has 1 fully saturated rings. The van der Waals surface area contributed by atoms with Crippen LogP contribution in [0.2, 0.25) is 5.02 Å². The smallest absolute Gasteiger partial charge is 0.244 e. The van der Waals surface area contributed by atoms with Crippen LogP contribution in [0.1, 0.15) is 12.8 Å². The fourth-order valence-corrected chi connectivity index (χ4v) is 3.01. The van der Waals surface area contributed by atoms with Crippen molar-refractivity contribution in [1.82, 2.24) is 9.80 Å². The number of anilines is 1. The molecular formula is C17H21ClN4O2. The van der Waals surface area contributed by atoms with Gasteiger partial charge in [0, 0.05) is 20.1 Å². The maximum Gasteiger partial charge on any atom is 0.244 e. The molecule has 128 valence electrons. The SMILES string of the molecule is CN(CCC#N)C(=O)CN(C)[C@@H]1CCN(c2ccccc2Cl)C1=O. The second kappa shape index (κ2) is 8.13. The molecule has 0 N–H and O–H groups in total. The number of carbonyl (C=O) groups excluding carboxylic acids is 2. The highest BCUT2D eigenvalue weighted by atomic mass is 35.5. The van der Waals surface area contributed by atoms with E-state index in [-0.39, 0.29) is 24.4 Å². The van der Waals surface area contributed by atoms with E-state index in [1.807, 2.05) is 24.3 Å². The molecule has 7 heteroatoms. The Balaban J connectivity index is 1.98. The zero-order chi connectivity index (χ0) is 17.7. The van der Waals surface area contributed by atoms with Gasteiger partial charge in [-0.3, -0.25) is 14.5 Å². The lowest BCUT2D eigenvalue weighted by Gasteiger charge is -2.25. The van der Waals surface area contributed by atoms with Gasteiger partial charge in [0.05, 0.1) is 35.8 Å². The van der Waals surface area contributed by atoms with Crippen molar-refractivity contribution in [2.45, 2.75) is 18.9 Å². The third-order valence-corrected chi connectivity index (χ3v) is 4.54. The predicted molar refractivity (Wildman–Crippen MR) is 92.7 cm³/mol. The minimum atomic E-state index is -0.338. The highest BCUT2D eigenvalue weighted by Gasteiger charge is 2.36. The lowest BCUT2D eigenvalue weighted by Crippen LogP contribution is -2.45. The van der Waals surface area contributed by atoms with Gasteiger partial charge in [-0.15, -0.1) is 0 Å². The molecular weight excluding hydrogens is 328 g/mol. The monoisotopic (exact) mass is 348 g/mol. The molecule has 2 rings (SSSR count). The van der Waals surface area contributed by atoms with E-state index in [1.54, 1.807) is 30.0 Å². The number of hydrogen-bond donors (Lipinski definition) is 0. The molecule has 1 aliphatic rings. The summed E-state index contributed by atoms with van der Waals surface area (Å²) in [4.78, 5) is 29.8. The number of hydrogen-bond acceptors (Lipinski definition) is 4. The first kappa shape index (κ1) is 18.2. The molecule has 0 bridgehead atoms. The van der Waals surface area contributed by atoms with Crippen molar-refractivity contribution >= 4 is 29.1 Å². The van der Waals surface area contributed by atoms with Crippen LogP contribution in [0.4, 0.5) is 5.69 Å². The minimum Gasteiger partial charge on any atom is -0.344 e. The number of halogens is 1. The third-order valence-electron chi connectivity index (χ3n) is 4.22. The van der Waals surface area contributed by atoms with E-state index in [1.165, 1.54) is 4.90 Å². The molecule has 6 nitrogen and oxygen atoms in total. The molecule has 1 aromatic rings. The summed E-state index contributed by atoms with van der Waals surface area (Å²) < 4.78 is 0. The van der Waals surface area contributed by atoms with Crippen molar-refractivity contribution < 1.29 is 9.59 Å². The fraction of sp³-hybridized carbons (Fsp3) is 0.471. The lowest BCUT2D eigenvalue weighted by atomic mass is 10.2. The molecule has 1 aromatic carbocycles. The molecule has 0 radical (unpaired) electrons. The average Bonchev–Trinajstić information content (AvgIpc) is 2.94. The molecule has 1 heterocycles. The second-order valence-electron chi connectivity index (χ2n) is 5.88. The fourth-order valence-electron chi connectivity index (χ4n) is 2.77. The maximum atomic E-state index is 12.7. The molecule has 1 saturated heterocycles. The second-order valence-corrected chi connectivity index (χ2v) is 6.29. The van der Waals surface area contributed by atoms with E-state index in [2.05, 4.69) is 0 Å². The van der Waals surface area contributed by atoms with Gasteiger partial charge in [-0.2, -0.15) is 5.26 Å². The van der Waals surface area contributed by atoms with Gasteiger partial charge in [0.2, 0.25) is 11.8 Å². The number of rotatable bonds is 6. The average molecular weight is 349 g/mol. The van der Waals surface area contributed by atoms with Gasteiger partial charge in [-0.1, -0.05) is 23.7 Å². The number of nitrogens with zero attached hydrogens (tertiary/aromatic N) is 4. The molecule has 0 aliphatic carbocycles. The molecule has 0 spiro atoms. The Morgan fingerprint density at radius 2 is 2.12 bits per heavy atom. The Bertz CT molecular complexity index is 658. The first-order valence-corrected chi connectivity index (χ1v) is 8.20. The van der Waals surface area contributed by atoms with Crippen LogP contribution >= 0.6 is 11.6 Å². The Kier molecular flexibility index (Phi) is 6.18. The molecule has 1 aliphatic heterocycles. The number of likely N-dealkylation sites (N-methyl/N-ethyl adjacent to an activating group) is 2. The normalized spacial score (nSPS) is 17.2. The van der Waals surface area contributed by atoms with E-state index in [0.717, 1.165) is 0 Å². The van der Waals surface area contributed by atoms with Crippen LogP contribution < -0.4 is 4.90 Å². The summed E-state index contributed by atoms with van der Waals surface area (Å²) >= 11 is 6.18. The van der Waals surface area contributed by atoms with Crippen LogP contribution in [0.25, 0.3) is 0 Å². The molecule has 24 heavy (non-hydrogen) atoms. The first-order valence-electron chi connectivity index (χ1n) is 7.82. The lowest BCUT2D eigenvalue weighted by molar-refractivity contribution is -0.132. The molecule has 0 saturated carbocycles. The van der Waals surface area contributed by atoms with Crippen LogP contribution in [0.5, 0.6) is 0 Å². The summed E-state index contributed by atoms with van der Waals surface area (Å²) in [6, 6.07) is 8.93. The summed E-state index contributed by atoms with van der Waals surface area (Å²) in [6.45, 7) is 1.12. The van der Waals surface area contributed by atoms with Crippen LogP contribution in [0.15, 0.2) is 24.3 Å². The van der Waals surface area contributed by atoms with Gasteiger partial charge >= 0.3 is 0 Å². The topological polar surface area (TPSA) is 67.7 Å². The highest BCUT2D eigenvalue weighted by Crippen LogP contribution is 2.30. The van der Waals surface area contributed by atoms with E-state index in [0.29, 0.717) is 36.6 Å². The van der Waals surface area contributed by atoms with E-state index in [4.69, 9.17) is 16.9 Å². The van der Waals surface area contributed by atoms with Gasteiger partial charge in [-0.05, 0) is 25.6 Å². The minimum absolute atomic E-state index is 0.0434. The van der Waals surface area contributed by atoms with Gasteiger partial charge in [0.15, 0.2) is 0 Å². The van der Waals surface area contributed by atoms with E-state index in [9.17, 15) is 9.59 Å². The summed E-state index contributed by atoms with van der Waals surface area (Å²) in [7, 11) is 3.44. The Morgan fingerprint density at radius 1 is 1.42 bits per heavy atom. The highest BCUT2D eigenvalue weighted by molar-refractivity contribution is 6.33. The van der Waals surface area contributed by atoms with Crippen LogP contribution in [0.3, 0.4) is 0 Å². The summed E-state index contributed by atoms with van der Waals surface area (Å²) in [5.74, 6) is -0.144. The molecule has 1 atom stereocenters. The number of carbonyl (C=O) groups is 2. The Hall–Kier alpha value is -2.10. The maximum absolute atomic E-state index is 12.7. The van der Waals surface area contributed by atoms with Crippen molar-refractivity contribution in [3.8, 4) is 6.07 Å². The van der Waals surface area contributed by atoms with Gasteiger partial charge in [0.25, 0.3) is 0 Å². The van der Waals surface area contributed by atoms with Crippen LogP contribution in [-0.4, -0.2) is 61.4 Å². The van der Waals surface area contributed by atoms with Gasteiger partial charge in [-0.25, -0.2) is 0 Å². The van der Waals surface area contributed by atoms with Crippen LogP contribution in [-0.2, 0) is 9.59 Å². The van der Waals surface area contributed by atoms with Crippen molar-refractivity contribution in [1.29, 1.82) is 5.26 Å². The number of amides is 2. The quantitative estimate of drug-likeness (QED) is 0.785. The standard InChI is InChI=1S/C17H21ClN4O2/c1-20(10-5-9-19)16(23)12-21(2)15-8-11-22(17(15)24)14-7-4-3-6-13(14)18/h3-4,6-7,15H,5,8,10-12H2,1-2H3/t15-/m1/s1. The number of nitriles is 1. The first-order chi connectivity index (χ1) is 11.5. The summed E-state index contributed by atoms with van der Waals surface area (Å²) in [5, 5.41) is 9.13. The van der Waals surface area contributed by atoms with Crippen molar-refractivity contribution in [2.24, 2.45) is 0 Å². The Labute approximate surface area is 147 Å². The van der Waals surface area contributed by atoms with Crippen molar-refractivity contribution in [3.63, 3.8) is 0 Å². The van der Waals surface area contributed by atoms with Crippen LogP contribution in [0, 0.1) is 11.3 Å². The zero-order valence-electron chi connectivity index (χ0n) is 13.9. The predicted octanol–water partition coefficient (Wildman–Crippen LogP) is 1.75.